The maximum absolute atomic E-state index is 12.8. The predicted octanol–water partition coefficient (Wildman–Crippen LogP) is 5.81. The van der Waals surface area contributed by atoms with E-state index in [1.165, 1.54) is 16.7 Å². The van der Waals surface area contributed by atoms with Crippen LogP contribution in [0.15, 0.2) is 42.5 Å². The second kappa shape index (κ2) is 9.65. The van der Waals surface area contributed by atoms with Gasteiger partial charge in [-0.15, -0.1) is 0 Å². The Balaban J connectivity index is 1.70. The van der Waals surface area contributed by atoms with E-state index in [4.69, 9.17) is 4.74 Å². The van der Waals surface area contributed by atoms with Crippen molar-refractivity contribution in [2.45, 2.75) is 77.5 Å². The van der Waals surface area contributed by atoms with E-state index >= 15 is 0 Å². The SMILES string of the molecule is CNc1c(C(=O)OC(C)(C)C)ccc(C)c1[C@H]1CC[C@H](NCc2ccccc2)CC1. The van der Waals surface area contributed by atoms with E-state index in [9.17, 15) is 4.79 Å². The number of rotatable bonds is 6. The van der Waals surface area contributed by atoms with Crippen LogP contribution in [0.4, 0.5) is 5.69 Å². The topological polar surface area (TPSA) is 50.4 Å². The molecule has 0 radical (unpaired) electrons. The van der Waals surface area contributed by atoms with Crippen LogP contribution in [0.25, 0.3) is 0 Å². The molecule has 3 rings (SSSR count). The zero-order chi connectivity index (χ0) is 21.7. The number of benzene rings is 2. The number of hydrogen-bond donors (Lipinski definition) is 2. The molecule has 4 nitrogen and oxygen atoms in total. The van der Waals surface area contributed by atoms with Gasteiger partial charge in [0, 0.05) is 19.6 Å². The molecule has 1 aliphatic carbocycles. The van der Waals surface area contributed by atoms with Crippen molar-refractivity contribution in [3.63, 3.8) is 0 Å². The molecule has 2 aromatic rings. The van der Waals surface area contributed by atoms with Gasteiger partial charge in [0.2, 0.25) is 0 Å². The highest BCUT2D eigenvalue weighted by molar-refractivity contribution is 5.97. The molecule has 1 fully saturated rings. The van der Waals surface area contributed by atoms with Crippen molar-refractivity contribution in [1.29, 1.82) is 0 Å². The van der Waals surface area contributed by atoms with Crippen LogP contribution >= 0.6 is 0 Å². The average molecular weight is 409 g/mol. The molecule has 162 valence electrons. The van der Waals surface area contributed by atoms with E-state index in [0.717, 1.165) is 37.9 Å². The van der Waals surface area contributed by atoms with Gasteiger partial charge in [0.05, 0.1) is 11.3 Å². The molecule has 0 amide bonds. The van der Waals surface area contributed by atoms with Crippen molar-refractivity contribution in [1.82, 2.24) is 5.32 Å². The Morgan fingerprint density at radius 3 is 2.30 bits per heavy atom. The first-order valence-electron chi connectivity index (χ1n) is 11.1. The molecule has 1 saturated carbocycles. The molecule has 0 aromatic heterocycles. The minimum Gasteiger partial charge on any atom is -0.456 e. The third-order valence-electron chi connectivity index (χ3n) is 5.91. The quantitative estimate of drug-likeness (QED) is 0.592. The average Bonchev–Trinajstić information content (AvgIpc) is 2.72. The van der Waals surface area contributed by atoms with Gasteiger partial charge in [-0.05, 0) is 82.1 Å². The minimum atomic E-state index is -0.504. The maximum atomic E-state index is 12.8. The first kappa shape index (κ1) is 22.4. The summed E-state index contributed by atoms with van der Waals surface area (Å²) < 4.78 is 5.65. The monoisotopic (exact) mass is 408 g/mol. The van der Waals surface area contributed by atoms with Gasteiger partial charge in [0.1, 0.15) is 5.60 Å². The molecule has 0 atom stereocenters. The smallest absolute Gasteiger partial charge is 0.340 e. The molecular weight excluding hydrogens is 372 g/mol. The van der Waals surface area contributed by atoms with Gasteiger partial charge in [-0.3, -0.25) is 0 Å². The second-order valence-corrected chi connectivity index (χ2v) is 9.39. The van der Waals surface area contributed by atoms with E-state index in [1.807, 2.05) is 33.9 Å². The summed E-state index contributed by atoms with van der Waals surface area (Å²) in [5, 5.41) is 7.03. The van der Waals surface area contributed by atoms with Gasteiger partial charge >= 0.3 is 5.97 Å². The molecule has 30 heavy (non-hydrogen) atoms. The molecule has 0 spiro atoms. The minimum absolute atomic E-state index is 0.258. The molecular formula is C26H36N2O2. The Bertz CT molecular complexity index is 847. The fourth-order valence-electron chi connectivity index (χ4n) is 4.47. The Labute approximate surface area is 181 Å². The van der Waals surface area contributed by atoms with E-state index in [1.54, 1.807) is 0 Å². The van der Waals surface area contributed by atoms with Crippen LogP contribution in [0.5, 0.6) is 0 Å². The number of ether oxygens (including phenoxy) is 1. The van der Waals surface area contributed by atoms with Crippen LogP contribution in [0.1, 0.15) is 79.4 Å². The van der Waals surface area contributed by atoms with Crippen LogP contribution < -0.4 is 10.6 Å². The number of nitrogens with one attached hydrogen (secondary N) is 2. The Morgan fingerprint density at radius 1 is 1.03 bits per heavy atom. The number of anilines is 1. The van der Waals surface area contributed by atoms with Crippen LogP contribution in [0.2, 0.25) is 0 Å². The van der Waals surface area contributed by atoms with Gasteiger partial charge in [0.25, 0.3) is 0 Å². The summed E-state index contributed by atoms with van der Waals surface area (Å²) >= 11 is 0. The van der Waals surface area contributed by atoms with Crippen molar-refractivity contribution < 1.29 is 9.53 Å². The van der Waals surface area contributed by atoms with Gasteiger partial charge in [0.15, 0.2) is 0 Å². The van der Waals surface area contributed by atoms with Gasteiger partial charge in [-0.1, -0.05) is 36.4 Å². The lowest BCUT2D eigenvalue weighted by atomic mass is 9.78. The Morgan fingerprint density at radius 2 is 1.70 bits per heavy atom. The van der Waals surface area contributed by atoms with E-state index < -0.39 is 5.60 Å². The molecule has 0 unspecified atom stereocenters. The fourth-order valence-corrected chi connectivity index (χ4v) is 4.47. The highest BCUT2D eigenvalue weighted by Gasteiger charge is 2.28. The molecule has 0 bridgehead atoms. The van der Waals surface area contributed by atoms with Gasteiger partial charge in [-0.25, -0.2) is 4.79 Å². The lowest BCUT2D eigenvalue weighted by molar-refractivity contribution is 0.00705. The highest BCUT2D eigenvalue weighted by atomic mass is 16.6. The summed E-state index contributed by atoms with van der Waals surface area (Å²) in [7, 11) is 1.90. The maximum Gasteiger partial charge on any atom is 0.340 e. The molecule has 0 heterocycles. The first-order chi connectivity index (χ1) is 14.3. The molecule has 4 heteroatoms. The van der Waals surface area contributed by atoms with Crippen LogP contribution in [0.3, 0.4) is 0 Å². The Hall–Kier alpha value is -2.33. The Kier molecular flexibility index (Phi) is 7.19. The molecule has 2 aromatic carbocycles. The van der Waals surface area contributed by atoms with Gasteiger partial charge < -0.3 is 15.4 Å². The molecule has 0 saturated heterocycles. The van der Waals surface area contributed by atoms with Crippen LogP contribution in [0, 0.1) is 6.92 Å². The number of esters is 1. The van der Waals surface area contributed by atoms with Crippen molar-refractivity contribution in [2.75, 3.05) is 12.4 Å². The largest absolute Gasteiger partial charge is 0.456 e. The summed E-state index contributed by atoms with van der Waals surface area (Å²) in [6, 6.07) is 15.1. The predicted molar refractivity (Wildman–Crippen MR) is 124 cm³/mol. The summed E-state index contributed by atoms with van der Waals surface area (Å²) in [6.07, 6.45) is 4.55. The van der Waals surface area contributed by atoms with Crippen molar-refractivity contribution in [3.05, 3.63) is 64.7 Å². The molecule has 1 aliphatic rings. The van der Waals surface area contributed by atoms with E-state index in [2.05, 4.69) is 54.0 Å². The summed E-state index contributed by atoms with van der Waals surface area (Å²) in [5.41, 5.74) is 4.92. The summed E-state index contributed by atoms with van der Waals surface area (Å²) in [4.78, 5) is 12.8. The lowest BCUT2D eigenvalue weighted by Gasteiger charge is -2.32. The zero-order valence-corrected chi connectivity index (χ0v) is 19.0. The third kappa shape index (κ3) is 5.63. The summed E-state index contributed by atoms with van der Waals surface area (Å²) in [6.45, 7) is 8.79. The number of carbonyl (C=O) groups is 1. The third-order valence-corrected chi connectivity index (χ3v) is 5.91. The standard InChI is InChI=1S/C26H36N2O2/c1-18-11-16-22(25(29)30-26(2,3)4)24(27-5)23(18)20-12-14-21(15-13-20)28-17-19-9-7-6-8-10-19/h6-11,16,20-21,27-28H,12-15,17H2,1-5H3/t20-,21-. The number of aryl methyl sites for hydroxylation is 1. The van der Waals surface area contributed by atoms with E-state index in [0.29, 0.717) is 17.5 Å². The number of carbonyl (C=O) groups excluding carboxylic acids is 1. The van der Waals surface area contributed by atoms with Gasteiger partial charge in [-0.2, -0.15) is 0 Å². The molecule has 2 N–H and O–H groups in total. The molecule has 0 aliphatic heterocycles. The summed E-state index contributed by atoms with van der Waals surface area (Å²) in [5.74, 6) is 0.205. The lowest BCUT2D eigenvalue weighted by Crippen LogP contribution is -2.32. The normalized spacial score (nSPS) is 19.4. The van der Waals surface area contributed by atoms with Crippen LogP contribution in [-0.2, 0) is 11.3 Å². The second-order valence-electron chi connectivity index (χ2n) is 9.39. The number of hydrogen-bond acceptors (Lipinski definition) is 4. The zero-order valence-electron chi connectivity index (χ0n) is 19.0. The van der Waals surface area contributed by atoms with Crippen molar-refractivity contribution in [3.8, 4) is 0 Å². The van der Waals surface area contributed by atoms with Crippen molar-refractivity contribution >= 4 is 11.7 Å². The first-order valence-corrected chi connectivity index (χ1v) is 11.1. The van der Waals surface area contributed by atoms with E-state index in [-0.39, 0.29) is 5.97 Å². The highest BCUT2D eigenvalue weighted by Crippen LogP contribution is 2.40. The fraction of sp³-hybridized carbons (Fsp3) is 0.500. The van der Waals surface area contributed by atoms with Crippen LogP contribution in [-0.4, -0.2) is 24.7 Å². The van der Waals surface area contributed by atoms with Crippen molar-refractivity contribution in [2.24, 2.45) is 0 Å².